The molecule has 0 saturated heterocycles. The van der Waals surface area contributed by atoms with Crippen molar-refractivity contribution in [2.75, 3.05) is 7.11 Å². The average Bonchev–Trinajstić information content (AvgIpc) is 2.63. The molecule has 0 saturated carbocycles. The third kappa shape index (κ3) is 3.46. The zero-order valence-corrected chi connectivity index (χ0v) is 13.4. The van der Waals surface area contributed by atoms with Gasteiger partial charge in [-0.25, -0.2) is 4.79 Å². The van der Waals surface area contributed by atoms with E-state index in [9.17, 15) is 9.90 Å². The van der Waals surface area contributed by atoms with Gasteiger partial charge in [0.2, 0.25) is 0 Å². The molecule has 3 rings (SSSR count). The summed E-state index contributed by atoms with van der Waals surface area (Å²) in [4.78, 5) is 11.3. The first-order valence-electron chi connectivity index (χ1n) is 7.72. The Labute approximate surface area is 141 Å². The zero-order valence-electron chi connectivity index (χ0n) is 13.4. The molecule has 0 amide bonds. The molecule has 0 aromatic heterocycles. The van der Waals surface area contributed by atoms with Gasteiger partial charge in [-0.2, -0.15) is 0 Å². The number of rotatable bonds is 5. The van der Waals surface area contributed by atoms with E-state index in [4.69, 9.17) is 4.74 Å². The van der Waals surface area contributed by atoms with Crippen LogP contribution < -0.4 is 4.74 Å². The van der Waals surface area contributed by atoms with Crippen molar-refractivity contribution in [3.05, 3.63) is 89.5 Å². The average molecular weight is 318 g/mol. The van der Waals surface area contributed by atoms with Crippen LogP contribution in [0.15, 0.2) is 72.8 Å². The van der Waals surface area contributed by atoms with Crippen LogP contribution in [0.1, 0.15) is 21.5 Å². The molecule has 0 aliphatic heterocycles. The standard InChI is InChI=1S/C21H18O3/c1-24-19-12-10-17(11-13-19)16-8-6-15(7-9-16)14-18-4-2-3-5-20(18)21(22)23/h2-13H,14H2,1H3,(H,22,23). The molecule has 1 N–H and O–H groups in total. The SMILES string of the molecule is COc1ccc(-c2ccc(Cc3ccccc3C(=O)O)cc2)cc1. The highest BCUT2D eigenvalue weighted by Crippen LogP contribution is 2.23. The Kier molecular flexibility index (Phi) is 4.62. The van der Waals surface area contributed by atoms with Crippen molar-refractivity contribution < 1.29 is 14.6 Å². The van der Waals surface area contributed by atoms with Crippen LogP contribution in [0, 0.1) is 0 Å². The summed E-state index contributed by atoms with van der Waals surface area (Å²) in [6, 6.07) is 23.2. The summed E-state index contributed by atoms with van der Waals surface area (Å²) < 4.78 is 5.17. The summed E-state index contributed by atoms with van der Waals surface area (Å²) in [6.45, 7) is 0. The van der Waals surface area contributed by atoms with Crippen LogP contribution in [0.4, 0.5) is 0 Å². The van der Waals surface area contributed by atoms with E-state index >= 15 is 0 Å². The zero-order chi connectivity index (χ0) is 16.9. The molecule has 3 aromatic rings. The van der Waals surface area contributed by atoms with Gasteiger partial charge in [-0.05, 0) is 46.9 Å². The number of benzene rings is 3. The Morgan fingerprint density at radius 2 is 1.46 bits per heavy atom. The number of carbonyl (C=O) groups is 1. The van der Waals surface area contributed by atoms with Gasteiger partial charge in [0.05, 0.1) is 12.7 Å². The molecule has 0 aliphatic rings. The van der Waals surface area contributed by atoms with Gasteiger partial charge < -0.3 is 9.84 Å². The molecule has 3 aromatic carbocycles. The maximum atomic E-state index is 11.3. The molecule has 3 nitrogen and oxygen atoms in total. The quantitative estimate of drug-likeness (QED) is 0.745. The maximum absolute atomic E-state index is 11.3. The van der Waals surface area contributed by atoms with E-state index in [0.29, 0.717) is 12.0 Å². The van der Waals surface area contributed by atoms with Crippen LogP contribution in [-0.4, -0.2) is 18.2 Å². The maximum Gasteiger partial charge on any atom is 0.335 e. The molecule has 0 fully saturated rings. The summed E-state index contributed by atoms with van der Waals surface area (Å²) in [5.41, 5.74) is 4.50. The second-order valence-electron chi connectivity index (χ2n) is 5.56. The van der Waals surface area contributed by atoms with Gasteiger partial charge in [-0.1, -0.05) is 54.6 Å². The first kappa shape index (κ1) is 15.8. The Hall–Kier alpha value is -3.07. The van der Waals surface area contributed by atoms with Crippen molar-refractivity contribution in [1.82, 2.24) is 0 Å². The van der Waals surface area contributed by atoms with Crippen LogP contribution in [0.25, 0.3) is 11.1 Å². The number of aromatic carboxylic acids is 1. The molecule has 0 aliphatic carbocycles. The number of hydrogen-bond acceptors (Lipinski definition) is 2. The lowest BCUT2D eigenvalue weighted by molar-refractivity contribution is 0.0696. The molecular formula is C21H18O3. The van der Waals surface area contributed by atoms with Crippen LogP contribution in [0.2, 0.25) is 0 Å². The van der Waals surface area contributed by atoms with Crippen molar-refractivity contribution >= 4 is 5.97 Å². The Bertz CT molecular complexity index is 834. The second kappa shape index (κ2) is 7.01. The van der Waals surface area contributed by atoms with E-state index in [2.05, 4.69) is 12.1 Å². The second-order valence-corrected chi connectivity index (χ2v) is 5.56. The molecular weight excluding hydrogens is 300 g/mol. The fourth-order valence-electron chi connectivity index (χ4n) is 2.70. The molecule has 24 heavy (non-hydrogen) atoms. The van der Waals surface area contributed by atoms with E-state index in [0.717, 1.165) is 28.0 Å². The highest BCUT2D eigenvalue weighted by molar-refractivity contribution is 5.89. The van der Waals surface area contributed by atoms with Gasteiger partial charge >= 0.3 is 5.97 Å². The molecule has 0 atom stereocenters. The first-order chi connectivity index (χ1) is 11.7. The van der Waals surface area contributed by atoms with Crippen molar-refractivity contribution in [2.45, 2.75) is 6.42 Å². The molecule has 0 unspecified atom stereocenters. The van der Waals surface area contributed by atoms with Gasteiger partial charge in [-0.15, -0.1) is 0 Å². The number of carboxylic acid groups (broad SMARTS) is 1. The lowest BCUT2D eigenvalue weighted by Crippen LogP contribution is -2.02. The predicted molar refractivity (Wildman–Crippen MR) is 94.6 cm³/mol. The number of carboxylic acids is 1. The highest BCUT2D eigenvalue weighted by atomic mass is 16.5. The monoisotopic (exact) mass is 318 g/mol. The lowest BCUT2D eigenvalue weighted by atomic mass is 9.97. The van der Waals surface area contributed by atoms with Gasteiger partial charge in [0.1, 0.15) is 5.75 Å². The van der Waals surface area contributed by atoms with E-state index in [-0.39, 0.29) is 0 Å². The van der Waals surface area contributed by atoms with Gasteiger partial charge in [-0.3, -0.25) is 0 Å². The lowest BCUT2D eigenvalue weighted by Gasteiger charge is -2.08. The number of methoxy groups -OCH3 is 1. The summed E-state index contributed by atoms with van der Waals surface area (Å²) in [7, 11) is 1.65. The van der Waals surface area contributed by atoms with E-state index in [1.807, 2.05) is 48.5 Å². The van der Waals surface area contributed by atoms with Crippen molar-refractivity contribution in [2.24, 2.45) is 0 Å². The van der Waals surface area contributed by atoms with Crippen LogP contribution in [0.5, 0.6) is 5.75 Å². The summed E-state index contributed by atoms with van der Waals surface area (Å²) in [5, 5.41) is 9.27. The summed E-state index contributed by atoms with van der Waals surface area (Å²) in [5.74, 6) is -0.0545. The molecule has 0 spiro atoms. The summed E-state index contributed by atoms with van der Waals surface area (Å²) >= 11 is 0. The summed E-state index contributed by atoms with van der Waals surface area (Å²) in [6.07, 6.45) is 0.603. The van der Waals surface area contributed by atoms with Crippen molar-refractivity contribution in [3.8, 4) is 16.9 Å². The van der Waals surface area contributed by atoms with Gasteiger partial charge in [0.25, 0.3) is 0 Å². The largest absolute Gasteiger partial charge is 0.497 e. The smallest absolute Gasteiger partial charge is 0.335 e. The molecule has 0 bridgehead atoms. The Balaban J connectivity index is 1.81. The third-order valence-corrected chi connectivity index (χ3v) is 4.02. The molecule has 120 valence electrons. The van der Waals surface area contributed by atoms with Crippen LogP contribution in [0.3, 0.4) is 0 Å². The van der Waals surface area contributed by atoms with Crippen molar-refractivity contribution in [1.29, 1.82) is 0 Å². The van der Waals surface area contributed by atoms with Gasteiger partial charge in [0, 0.05) is 0 Å². The minimum absolute atomic E-state index is 0.358. The highest BCUT2D eigenvalue weighted by Gasteiger charge is 2.09. The first-order valence-corrected chi connectivity index (χ1v) is 7.72. The normalized spacial score (nSPS) is 10.4. The fourth-order valence-corrected chi connectivity index (χ4v) is 2.70. The molecule has 0 heterocycles. The van der Waals surface area contributed by atoms with E-state index in [1.54, 1.807) is 19.2 Å². The van der Waals surface area contributed by atoms with Crippen molar-refractivity contribution in [3.63, 3.8) is 0 Å². The topological polar surface area (TPSA) is 46.5 Å². The molecule has 3 heteroatoms. The van der Waals surface area contributed by atoms with E-state index in [1.165, 1.54) is 0 Å². The molecule has 0 radical (unpaired) electrons. The fraction of sp³-hybridized carbons (Fsp3) is 0.0952. The van der Waals surface area contributed by atoms with Gasteiger partial charge in [0.15, 0.2) is 0 Å². The number of ether oxygens (including phenoxy) is 1. The number of hydrogen-bond donors (Lipinski definition) is 1. The minimum Gasteiger partial charge on any atom is -0.497 e. The predicted octanol–water partition coefficient (Wildman–Crippen LogP) is 4.65. The minimum atomic E-state index is -0.888. The van der Waals surface area contributed by atoms with E-state index < -0.39 is 5.97 Å². The Morgan fingerprint density at radius 1 is 0.875 bits per heavy atom. The Morgan fingerprint density at radius 3 is 2.04 bits per heavy atom. The third-order valence-electron chi connectivity index (χ3n) is 4.02. The van der Waals surface area contributed by atoms with Crippen LogP contribution >= 0.6 is 0 Å². The van der Waals surface area contributed by atoms with Crippen LogP contribution in [-0.2, 0) is 6.42 Å².